The van der Waals surface area contributed by atoms with Gasteiger partial charge in [-0.25, -0.2) is 0 Å². The van der Waals surface area contributed by atoms with Gasteiger partial charge in [-0.05, 0) is 80.4 Å². The third kappa shape index (κ3) is 15.1. The van der Waals surface area contributed by atoms with E-state index in [0.29, 0.717) is 45.3 Å². The number of amides is 3. The predicted molar refractivity (Wildman–Crippen MR) is 185 cm³/mol. The van der Waals surface area contributed by atoms with Gasteiger partial charge in [-0.1, -0.05) is 53.7 Å². The van der Waals surface area contributed by atoms with Crippen LogP contribution >= 0.6 is 0 Å². The Balaban J connectivity index is 2.93. The molecule has 13 nitrogen and oxygen atoms in total. The van der Waals surface area contributed by atoms with E-state index in [1.54, 1.807) is 0 Å². The summed E-state index contributed by atoms with van der Waals surface area (Å²) in [5.74, 6) is -2.05. The van der Waals surface area contributed by atoms with E-state index in [-0.39, 0.29) is 42.1 Å². The Kier molecular flexibility index (Phi) is 17.8. The number of carbonyl (C=O) groups is 4. The quantitative estimate of drug-likeness (QED) is 0.0519. The number of ether oxygens (including phenoxy) is 1. The molecule has 0 unspecified atom stereocenters. The van der Waals surface area contributed by atoms with Crippen LogP contribution in [0.25, 0.3) is 0 Å². The van der Waals surface area contributed by atoms with Gasteiger partial charge in [0.25, 0.3) is 0 Å². The van der Waals surface area contributed by atoms with Gasteiger partial charge in [0.15, 0.2) is 5.96 Å². The van der Waals surface area contributed by atoms with E-state index in [9.17, 15) is 19.2 Å². The summed E-state index contributed by atoms with van der Waals surface area (Å²) in [5.41, 5.74) is 18.7. The number of guanidine groups is 1. The molecule has 3 amide bonds. The number of aliphatic imine (C=N–C) groups is 1. The fraction of sp³-hybridized carbons (Fsp3) is 0.676. The van der Waals surface area contributed by atoms with Crippen molar-refractivity contribution in [3.8, 4) is 5.75 Å². The van der Waals surface area contributed by atoms with E-state index < -0.39 is 36.4 Å². The van der Waals surface area contributed by atoms with E-state index >= 15 is 0 Å². The van der Waals surface area contributed by atoms with Gasteiger partial charge < -0.3 is 43.0 Å². The van der Waals surface area contributed by atoms with Crippen LogP contribution in [0.2, 0.25) is 0 Å². The minimum absolute atomic E-state index is 0.0397. The molecule has 0 radical (unpaired) electrons. The number of unbranched alkanes of at least 4 members (excludes halogenated alkanes) is 1. The molecule has 0 aliphatic rings. The van der Waals surface area contributed by atoms with Crippen molar-refractivity contribution in [2.45, 2.75) is 122 Å². The summed E-state index contributed by atoms with van der Waals surface area (Å²) in [6, 6.07) is 4.43. The predicted octanol–water partition coefficient (Wildman–Crippen LogP) is 2.57. The maximum Gasteiger partial charge on any atom is 0.322 e. The first-order valence-corrected chi connectivity index (χ1v) is 16.7. The summed E-state index contributed by atoms with van der Waals surface area (Å²) >= 11 is 0. The number of rotatable bonds is 23. The summed E-state index contributed by atoms with van der Waals surface area (Å²) in [6.07, 6.45) is 4.58. The number of benzene rings is 1. The van der Waals surface area contributed by atoms with Gasteiger partial charge in [0.05, 0.1) is 6.61 Å². The Morgan fingerprint density at radius 3 is 2.13 bits per heavy atom. The second kappa shape index (κ2) is 20.4. The average Bonchev–Trinajstić information content (AvgIpc) is 3.02. The Labute approximate surface area is 280 Å². The highest BCUT2D eigenvalue weighted by Gasteiger charge is 2.28. The minimum Gasteiger partial charge on any atom is -0.493 e. The Hall–Kier alpha value is -3.87. The lowest BCUT2D eigenvalue weighted by Crippen LogP contribution is -2.54. The molecule has 0 spiro atoms. The van der Waals surface area contributed by atoms with Gasteiger partial charge in [0, 0.05) is 18.5 Å². The summed E-state index contributed by atoms with van der Waals surface area (Å²) in [7, 11) is 0. The van der Waals surface area contributed by atoms with Gasteiger partial charge in [-0.15, -0.1) is 0 Å². The van der Waals surface area contributed by atoms with Crippen molar-refractivity contribution in [1.82, 2.24) is 16.0 Å². The normalized spacial score (nSPS) is 12.8. The van der Waals surface area contributed by atoms with Crippen LogP contribution in [0.1, 0.15) is 110 Å². The number of nitrogens with two attached hydrogens (primary N) is 3. The smallest absolute Gasteiger partial charge is 0.322 e. The van der Waals surface area contributed by atoms with Gasteiger partial charge in [-0.3, -0.25) is 24.2 Å². The molecule has 0 aliphatic heterocycles. The highest BCUT2D eigenvalue weighted by atomic mass is 16.5. The van der Waals surface area contributed by atoms with Gasteiger partial charge in [-0.2, -0.15) is 0 Å². The van der Waals surface area contributed by atoms with Crippen LogP contribution in [0.3, 0.4) is 0 Å². The van der Waals surface area contributed by atoms with Crippen LogP contribution in [-0.2, 0) is 30.0 Å². The second-order valence-electron chi connectivity index (χ2n) is 13.2. The molecule has 10 N–H and O–H groups in total. The standard InChI is InChI=1S/C34H59N7O6/c1-7-33(3,4)23-16-17-27(24(21-23)34(5,6)8-2)47-20-12-15-28(42)40-26(13-9-10-18-35)31(46)41-25(14-11-19-38-32(36)37)30(45)39-22-29(43)44/h16-17,21,25-26H,7-15,18-20,22,35H2,1-6H3,(H,39,45)(H,40,42)(H,41,46)(H,43,44)(H4,36,37,38)/t25-,26-/m0/s1. The number of carboxylic acid groups (broad SMARTS) is 1. The number of carboxylic acids is 1. The molecule has 0 saturated heterocycles. The molecule has 0 saturated carbocycles. The first-order chi connectivity index (χ1) is 22.1. The van der Waals surface area contributed by atoms with E-state index in [2.05, 4.69) is 74.6 Å². The molecule has 0 aliphatic carbocycles. The van der Waals surface area contributed by atoms with E-state index in [0.717, 1.165) is 24.2 Å². The van der Waals surface area contributed by atoms with E-state index in [1.165, 1.54) is 5.56 Å². The first-order valence-electron chi connectivity index (χ1n) is 16.7. The zero-order chi connectivity index (χ0) is 35.6. The molecule has 47 heavy (non-hydrogen) atoms. The molecule has 0 heterocycles. The zero-order valence-electron chi connectivity index (χ0n) is 29.2. The fourth-order valence-corrected chi connectivity index (χ4v) is 4.77. The van der Waals surface area contributed by atoms with Gasteiger partial charge in [0.2, 0.25) is 17.7 Å². The van der Waals surface area contributed by atoms with Crippen molar-refractivity contribution in [3.05, 3.63) is 29.3 Å². The molecule has 13 heteroatoms. The SMILES string of the molecule is CCC(C)(C)c1ccc(OCCCC(=O)N[C@@H](CCCCN)C(=O)N[C@@H](CCCN=C(N)N)C(=O)NCC(=O)O)c(C(C)(C)CC)c1. The second-order valence-corrected chi connectivity index (χ2v) is 13.2. The van der Waals surface area contributed by atoms with Crippen LogP contribution in [0, 0.1) is 0 Å². The van der Waals surface area contributed by atoms with Crippen LogP contribution in [0.4, 0.5) is 0 Å². The van der Waals surface area contributed by atoms with Crippen LogP contribution in [0.15, 0.2) is 23.2 Å². The molecule has 1 aromatic rings. The Bertz CT molecular complexity index is 1200. The number of nitrogens with zero attached hydrogens (tertiary/aromatic N) is 1. The maximum atomic E-state index is 13.3. The summed E-state index contributed by atoms with van der Waals surface area (Å²) in [6.45, 7) is 13.6. The third-order valence-corrected chi connectivity index (χ3v) is 8.65. The number of aliphatic carboxylic acids is 1. The van der Waals surface area contributed by atoms with E-state index in [4.69, 9.17) is 27.0 Å². The zero-order valence-corrected chi connectivity index (χ0v) is 29.2. The van der Waals surface area contributed by atoms with Gasteiger partial charge >= 0.3 is 5.97 Å². The lowest BCUT2D eigenvalue weighted by Gasteiger charge is -2.30. The minimum atomic E-state index is -1.22. The van der Waals surface area contributed by atoms with Crippen molar-refractivity contribution < 1.29 is 29.0 Å². The van der Waals surface area contributed by atoms with E-state index in [1.807, 2.05) is 6.07 Å². The third-order valence-electron chi connectivity index (χ3n) is 8.65. The van der Waals surface area contributed by atoms with Crippen LogP contribution in [0.5, 0.6) is 5.75 Å². The summed E-state index contributed by atoms with van der Waals surface area (Å²) in [5, 5.41) is 16.7. The van der Waals surface area contributed by atoms with Crippen molar-refractivity contribution in [3.63, 3.8) is 0 Å². The molecular formula is C34H59N7O6. The monoisotopic (exact) mass is 661 g/mol. The highest BCUT2D eigenvalue weighted by Crippen LogP contribution is 2.38. The van der Waals surface area contributed by atoms with Crippen molar-refractivity contribution in [2.24, 2.45) is 22.2 Å². The highest BCUT2D eigenvalue weighted by molar-refractivity contribution is 5.92. The van der Waals surface area contributed by atoms with Gasteiger partial charge in [0.1, 0.15) is 24.4 Å². The number of hydrogen-bond donors (Lipinski definition) is 7. The topological polar surface area (TPSA) is 224 Å². The molecule has 266 valence electrons. The average molecular weight is 662 g/mol. The fourth-order valence-electron chi connectivity index (χ4n) is 4.77. The lowest BCUT2D eigenvalue weighted by atomic mass is 9.76. The van der Waals surface area contributed by atoms with Crippen molar-refractivity contribution in [1.29, 1.82) is 0 Å². The Morgan fingerprint density at radius 2 is 1.53 bits per heavy atom. The Morgan fingerprint density at radius 1 is 0.894 bits per heavy atom. The first kappa shape index (κ1) is 41.2. The lowest BCUT2D eigenvalue weighted by molar-refractivity contribution is -0.138. The number of carbonyl (C=O) groups excluding carboxylic acids is 3. The molecule has 0 aromatic heterocycles. The largest absolute Gasteiger partial charge is 0.493 e. The maximum absolute atomic E-state index is 13.3. The number of nitrogens with one attached hydrogen (secondary N) is 3. The molecule has 0 bridgehead atoms. The molecule has 0 fully saturated rings. The van der Waals surface area contributed by atoms with Crippen LogP contribution < -0.4 is 37.9 Å². The molecular weight excluding hydrogens is 602 g/mol. The van der Waals surface area contributed by atoms with Crippen LogP contribution in [-0.4, -0.2) is 73.1 Å². The molecule has 1 rings (SSSR count). The molecule has 1 aromatic carbocycles. The summed E-state index contributed by atoms with van der Waals surface area (Å²) in [4.78, 5) is 53.9. The molecule has 2 atom stereocenters. The number of hydrogen-bond acceptors (Lipinski definition) is 7. The summed E-state index contributed by atoms with van der Waals surface area (Å²) < 4.78 is 6.20. The van der Waals surface area contributed by atoms with Crippen molar-refractivity contribution in [2.75, 3.05) is 26.2 Å². The van der Waals surface area contributed by atoms with Crippen molar-refractivity contribution >= 4 is 29.7 Å².